The summed E-state index contributed by atoms with van der Waals surface area (Å²) in [6.45, 7) is 1.60. The fraction of sp³-hybridized carbons (Fsp3) is 0.250. The fourth-order valence-electron chi connectivity index (χ4n) is 3.06. The fourth-order valence-corrected chi connectivity index (χ4v) is 3.57. The van der Waals surface area contributed by atoms with Crippen LogP contribution in [0.15, 0.2) is 54.6 Å². The number of ether oxygens (including phenoxy) is 3. The summed E-state index contributed by atoms with van der Waals surface area (Å²) >= 11 is 12.5. The van der Waals surface area contributed by atoms with Crippen molar-refractivity contribution >= 4 is 23.2 Å². The van der Waals surface area contributed by atoms with Crippen LogP contribution in [-0.2, 0) is 19.6 Å². The predicted octanol–water partition coefficient (Wildman–Crippen LogP) is 6.06. The molecule has 0 saturated carbocycles. The van der Waals surface area contributed by atoms with E-state index in [1.54, 1.807) is 20.3 Å². The van der Waals surface area contributed by atoms with Crippen LogP contribution < -0.4 is 19.5 Å². The zero-order valence-electron chi connectivity index (χ0n) is 17.4. The first-order valence-corrected chi connectivity index (χ1v) is 10.5. The Labute approximate surface area is 191 Å². The highest BCUT2D eigenvalue weighted by Crippen LogP contribution is 2.37. The Kier molecular flexibility index (Phi) is 8.41. The van der Waals surface area contributed by atoms with Crippen molar-refractivity contribution in [1.82, 2.24) is 5.32 Å². The number of nitrogens with one attached hydrogen (secondary N) is 1. The number of hydrogen-bond acceptors (Lipinski definition) is 4. The van der Waals surface area contributed by atoms with Gasteiger partial charge in [0.15, 0.2) is 11.5 Å². The van der Waals surface area contributed by atoms with E-state index >= 15 is 0 Å². The summed E-state index contributed by atoms with van der Waals surface area (Å²) in [5.41, 5.74) is 2.86. The van der Waals surface area contributed by atoms with Crippen molar-refractivity contribution < 1.29 is 18.6 Å². The van der Waals surface area contributed by atoms with Crippen LogP contribution in [0.25, 0.3) is 0 Å². The van der Waals surface area contributed by atoms with E-state index in [2.05, 4.69) is 17.4 Å². The SMILES string of the molecule is COc1ccc(CCNCc2cc(Cl)c(OCc3ccc(F)cc3Cl)c(OC)c2)cc1. The molecule has 0 spiro atoms. The molecule has 0 heterocycles. The molecule has 0 fully saturated rings. The number of hydrogen-bond donors (Lipinski definition) is 1. The molecule has 0 radical (unpaired) electrons. The molecule has 3 aromatic rings. The largest absolute Gasteiger partial charge is 0.497 e. The lowest BCUT2D eigenvalue weighted by atomic mass is 10.1. The van der Waals surface area contributed by atoms with E-state index in [9.17, 15) is 4.39 Å². The molecule has 0 unspecified atom stereocenters. The van der Waals surface area contributed by atoms with E-state index in [4.69, 9.17) is 37.4 Å². The van der Waals surface area contributed by atoms with Gasteiger partial charge in [0.1, 0.15) is 18.2 Å². The average Bonchev–Trinajstić information content (AvgIpc) is 2.77. The van der Waals surface area contributed by atoms with Crippen molar-refractivity contribution in [1.29, 1.82) is 0 Å². The maximum atomic E-state index is 13.2. The molecule has 31 heavy (non-hydrogen) atoms. The van der Waals surface area contributed by atoms with Crippen molar-refractivity contribution in [2.75, 3.05) is 20.8 Å². The summed E-state index contributed by atoms with van der Waals surface area (Å²) in [7, 11) is 3.22. The highest BCUT2D eigenvalue weighted by atomic mass is 35.5. The van der Waals surface area contributed by atoms with Gasteiger partial charge < -0.3 is 19.5 Å². The standard InChI is InChI=1S/C24H24Cl2FNO3/c1-29-20-7-3-16(4-8-20)9-10-28-14-17-11-22(26)24(23(12-17)30-2)31-15-18-5-6-19(27)13-21(18)25/h3-8,11-13,28H,9-10,14-15H2,1-2H3. The zero-order chi connectivity index (χ0) is 22.2. The van der Waals surface area contributed by atoms with Gasteiger partial charge in [0.25, 0.3) is 0 Å². The third-order valence-electron chi connectivity index (χ3n) is 4.75. The van der Waals surface area contributed by atoms with Gasteiger partial charge in [-0.05, 0) is 60.5 Å². The van der Waals surface area contributed by atoms with Crippen LogP contribution in [0.5, 0.6) is 17.2 Å². The molecule has 4 nitrogen and oxygen atoms in total. The second-order valence-electron chi connectivity index (χ2n) is 6.91. The Balaban J connectivity index is 1.57. The molecule has 0 saturated heterocycles. The van der Waals surface area contributed by atoms with Crippen molar-refractivity contribution in [3.8, 4) is 17.2 Å². The number of benzene rings is 3. The topological polar surface area (TPSA) is 39.7 Å². The quantitative estimate of drug-likeness (QED) is 0.370. The van der Waals surface area contributed by atoms with Gasteiger partial charge >= 0.3 is 0 Å². The molecule has 0 aliphatic carbocycles. The Morgan fingerprint density at radius 1 is 0.871 bits per heavy atom. The Hall–Kier alpha value is -2.47. The maximum absolute atomic E-state index is 13.2. The predicted molar refractivity (Wildman–Crippen MR) is 122 cm³/mol. The van der Waals surface area contributed by atoms with Gasteiger partial charge in [0.05, 0.1) is 24.3 Å². The minimum Gasteiger partial charge on any atom is -0.497 e. The van der Waals surface area contributed by atoms with Crippen molar-refractivity contribution in [2.45, 2.75) is 19.6 Å². The Bertz CT molecular complexity index is 1010. The molecule has 0 aromatic heterocycles. The van der Waals surface area contributed by atoms with Gasteiger partial charge in [-0.15, -0.1) is 0 Å². The van der Waals surface area contributed by atoms with Crippen molar-refractivity contribution in [3.63, 3.8) is 0 Å². The first-order chi connectivity index (χ1) is 15.0. The lowest BCUT2D eigenvalue weighted by Gasteiger charge is -2.15. The molecule has 3 aromatic carbocycles. The molecule has 7 heteroatoms. The van der Waals surface area contributed by atoms with E-state index < -0.39 is 5.82 Å². The summed E-state index contributed by atoms with van der Waals surface area (Å²) in [6.07, 6.45) is 0.897. The zero-order valence-corrected chi connectivity index (χ0v) is 18.9. The van der Waals surface area contributed by atoms with Crippen LogP contribution in [0.2, 0.25) is 10.0 Å². The van der Waals surface area contributed by atoms with E-state index in [-0.39, 0.29) is 6.61 Å². The van der Waals surface area contributed by atoms with Crippen LogP contribution in [0.1, 0.15) is 16.7 Å². The Morgan fingerprint density at radius 2 is 1.65 bits per heavy atom. The lowest BCUT2D eigenvalue weighted by Crippen LogP contribution is -2.16. The van der Waals surface area contributed by atoms with Gasteiger partial charge in [-0.2, -0.15) is 0 Å². The van der Waals surface area contributed by atoms with Crippen LogP contribution in [-0.4, -0.2) is 20.8 Å². The molecule has 0 atom stereocenters. The smallest absolute Gasteiger partial charge is 0.180 e. The second kappa shape index (κ2) is 11.2. The minimum atomic E-state index is -0.395. The summed E-state index contributed by atoms with van der Waals surface area (Å²) < 4.78 is 29.7. The summed E-state index contributed by atoms with van der Waals surface area (Å²) in [5, 5.41) is 4.14. The number of rotatable bonds is 10. The number of methoxy groups -OCH3 is 2. The van der Waals surface area contributed by atoms with Crippen LogP contribution in [0, 0.1) is 5.82 Å². The normalized spacial score (nSPS) is 10.7. The van der Waals surface area contributed by atoms with Gasteiger partial charge in [0, 0.05) is 12.1 Å². The van der Waals surface area contributed by atoms with E-state index in [1.807, 2.05) is 24.3 Å². The molecule has 0 aliphatic heterocycles. The third-order valence-corrected chi connectivity index (χ3v) is 5.39. The number of halogens is 3. The highest BCUT2D eigenvalue weighted by Gasteiger charge is 2.13. The highest BCUT2D eigenvalue weighted by molar-refractivity contribution is 6.32. The van der Waals surface area contributed by atoms with Crippen LogP contribution >= 0.6 is 23.2 Å². The summed E-state index contributed by atoms with van der Waals surface area (Å²) in [5.74, 6) is 1.40. The maximum Gasteiger partial charge on any atom is 0.180 e. The van der Waals surface area contributed by atoms with Crippen molar-refractivity contribution in [2.24, 2.45) is 0 Å². The molecular formula is C24H24Cl2FNO3. The van der Waals surface area contributed by atoms with E-state index in [0.29, 0.717) is 33.7 Å². The molecular weight excluding hydrogens is 440 g/mol. The Morgan fingerprint density at radius 3 is 2.32 bits per heavy atom. The second-order valence-corrected chi connectivity index (χ2v) is 7.72. The third kappa shape index (κ3) is 6.50. The monoisotopic (exact) mass is 463 g/mol. The van der Waals surface area contributed by atoms with Crippen LogP contribution in [0.3, 0.4) is 0 Å². The summed E-state index contributed by atoms with van der Waals surface area (Å²) in [4.78, 5) is 0. The molecule has 0 bridgehead atoms. The average molecular weight is 464 g/mol. The molecule has 0 aliphatic rings. The van der Waals surface area contributed by atoms with Gasteiger partial charge in [-0.3, -0.25) is 0 Å². The summed E-state index contributed by atoms with van der Waals surface area (Å²) in [6, 6.07) is 15.9. The van der Waals surface area contributed by atoms with Gasteiger partial charge in [-0.25, -0.2) is 4.39 Å². The first kappa shape index (κ1) is 23.2. The minimum absolute atomic E-state index is 0.147. The molecule has 164 valence electrons. The molecule has 3 rings (SSSR count). The van der Waals surface area contributed by atoms with Gasteiger partial charge in [-0.1, -0.05) is 41.4 Å². The molecule has 0 amide bonds. The first-order valence-electron chi connectivity index (χ1n) is 9.77. The van der Waals surface area contributed by atoms with Gasteiger partial charge in [0.2, 0.25) is 0 Å². The van der Waals surface area contributed by atoms with Crippen molar-refractivity contribution in [3.05, 3.63) is 87.2 Å². The van der Waals surface area contributed by atoms with E-state index in [1.165, 1.54) is 17.7 Å². The lowest BCUT2D eigenvalue weighted by molar-refractivity contribution is 0.284. The van der Waals surface area contributed by atoms with Crippen LogP contribution in [0.4, 0.5) is 4.39 Å². The molecule has 1 N–H and O–H groups in total. The van der Waals surface area contributed by atoms with E-state index in [0.717, 1.165) is 24.3 Å².